The van der Waals surface area contributed by atoms with Crippen LogP contribution in [0, 0.1) is 12.8 Å². The molecule has 2 N–H and O–H groups in total. The van der Waals surface area contributed by atoms with Crippen molar-refractivity contribution in [3.63, 3.8) is 0 Å². The zero-order valence-corrected chi connectivity index (χ0v) is 16.7. The smallest absolute Gasteiger partial charge is 0.192 e. The quantitative estimate of drug-likeness (QED) is 0.586. The van der Waals surface area contributed by atoms with E-state index in [2.05, 4.69) is 41.6 Å². The van der Waals surface area contributed by atoms with Crippen LogP contribution in [0.3, 0.4) is 0 Å². The fourth-order valence-electron chi connectivity index (χ4n) is 3.20. The van der Waals surface area contributed by atoms with Crippen molar-refractivity contribution in [2.24, 2.45) is 18.0 Å². The topological polar surface area (TPSA) is 67.1 Å². The van der Waals surface area contributed by atoms with Crippen LogP contribution in [-0.2, 0) is 13.6 Å². The summed E-state index contributed by atoms with van der Waals surface area (Å²) in [6, 6.07) is 0.956. The molecule has 1 saturated carbocycles. The van der Waals surface area contributed by atoms with Gasteiger partial charge in [-0.2, -0.15) is 0 Å². The van der Waals surface area contributed by atoms with E-state index in [1.807, 2.05) is 18.5 Å². The molecule has 0 spiro atoms. The maximum Gasteiger partial charge on any atom is 0.192 e. The molecule has 0 bridgehead atoms. The highest BCUT2D eigenvalue weighted by molar-refractivity contribution is 5.80. The molecule has 1 unspecified atom stereocenters. The SMILES string of the molecule is Cc1nnc(CN=C(NC(C)CCC(C)C)NC2CCCCC2)n1C. The number of nitrogens with zero attached hydrogens (tertiary/aromatic N) is 4. The monoisotopic (exact) mass is 348 g/mol. The molecule has 1 aromatic heterocycles. The van der Waals surface area contributed by atoms with Gasteiger partial charge in [-0.05, 0) is 45.4 Å². The van der Waals surface area contributed by atoms with Crippen LogP contribution in [0.25, 0.3) is 0 Å². The Morgan fingerprint density at radius 2 is 1.88 bits per heavy atom. The Kier molecular flexibility index (Phi) is 7.72. The van der Waals surface area contributed by atoms with Crippen molar-refractivity contribution in [3.8, 4) is 0 Å². The first-order valence-electron chi connectivity index (χ1n) is 9.88. The summed E-state index contributed by atoms with van der Waals surface area (Å²) < 4.78 is 2.00. The van der Waals surface area contributed by atoms with Crippen molar-refractivity contribution in [2.75, 3.05) is 0 Å². The molecule has 25 heavy (non-hydrogen) atoms. The molecule has 1 aliphatic carbocycles. The first-order chi connectivity index (χ1) is 12.0. The van der Waals surface area contributed by atoms with Crippen molar-refractivity contribution in [2.45, 2.75) is 91.3 Å². The summed E-state index contributed by atoms with van der Waals surface area (Å²) in [6.07, 6.45) is 8.86. The summed E-state index contributed by atoms with van der Waals surface area (Å²) in [6.45, 7) is 9.31. The predicted molar refractivity (Wildman–Crippen MR) is 104 cm³/mol. The average molecular weight is 349 g/mol. The van der Waals surface area contributed by atoms with Crippen LogP contribution in [0.4, 0.5) is 0 Å². The van der Waals surface area contributed by atoms with Gasteiger partial charge in [0.15, 0.2) is 11.8 Å². The third kappa shape index (κ3) is 6.67. The molecule has 0 radical (unpaired) electrons. The molecule has 1 heterocycles. The van der Waals surface area contributed by atoms with Crippen molar-refractivity contribution in [1.82, 2.24) is 25.4 Å². The van der Waals surface area contributed by atoms with Gasteiger partial charge in [0.2, 0.25) is 0 Å². The first-order valence-corrected chi connectivity index (χ1v) is 9.88. The van der Waals surface area contributed by atoms with Gasteiger partial charge >= 0.3 is 0 Å². The van der Waals surface area contributed by atoms with E-state index in [4.69, 9.17) is 4.99 Å². The van der Waals surface area contributed by atoms with Crippen molar-refractivity contribution >= 4 is 5.96 Å². The lowest BCUT2D eigenvalue weighted by molar-refractivity contribution is 0.405. The lowest BCUT2D eigenvalue weighted by atomic mass is 9.96. The van der Waals surface area contributed by atoms with E-state index < -0.39 is 0 Å². The second-order valence-corrected chi connectivity index (χ2v) is 7.88. The number of aromatic nitrogens is 3. The number of hydrogen-bond acceptors (Lipinski definition) is 3. The van der Waals surface area contributed by atoms with Gasteiger partial charge in [-0.3, -0.25) is 0 Å². The minimum atomic E-state index is 0.415. The summed E-state index contributed by atoms with van der Waals surface area (Å²) >= 11 is 0. The Morgan fingerprint density at radius 1 is 1.16 bits per heavy atom. The minimum absolute atomic E-state index is 0.415. The predicted octanol–water partition coefficient (Wildman–Crippen LogP) is 3.32. The van der Waals surface area contributed by atoms with Crippen LogP contribution in [0.1, 0.15) is 77.4 Å². The van der Waals surface area contributed by atoms with Crippen LogP contribution in [0.2, 0.25) is 0 Å². The van der Waals surface area contributed by atoms with Gasteiger partial charge in [-0.1, -0.05) is 33.1 Å². The number of aliphatic imine (C=N–C) groups is 1. The van der Waals surface area contributed by atoms with Crippen molar-refractivity contribution in [1.29, 1.82) is 0 Å². The maximum absolute atomic E-state index is 4.80. The second kappa shape index (κ2) is 9.78. The van der Waals surface area contributed by atoms with E-state index in [1.54, 1.807) is 0 Å². The second-order valence-electron chi connectivity index (χ2n) is 7.88. The van der Waals surface area contributed by atoms with Crippen LogP contribution in [0.15, 0.2) is 4.99 Å². The molecule has 0 saturated heterocycles. The molecule has 6 nitrogen and oxygen atoms in total. The van der Waals surface area contributed by atoms with Gasteiger partial charge in [-0.15, -0.1) is 10.2 Å². The molecular weight excluding hydrogens is 312 g/mol. The Balaban J connectivity index is 1.99. The lowest BCUT2D eigenvalue weighted by Gasteiger charge is -2.27. The van der Waals surface area contributed by atoms with E-state index >= 15 is 0 Å². The molecular formula is C19H36N6. The van der Waals surface area contributed by atoms with Crippen LogP contribution in [-0.4, -0.2) is 32.8 Å². The summed E-state index contributed by atoms with van der Waals surface area (Å²) in [5, 5.41) is 15.6. The Bertz CT molecular complexity index is 542. The molecule has 142 valence electrons. The Hall–Kier alpha value is -1.59. The normalized spacial score (nSPS) is 17.8. The molecule has 0 amide bonds. The van der Waals surface area contributed by atoms with Gasteiger partial charge in [0.05, 0.1) is 0 Å². The molecule has 0 aliphatic heterocycles. The van der Waals surface area contributed by atoms with Gasteiger partial charge in [0, 0.05) is 19.1 Å². The van der Waals surface area contributed by atoms with E-state index in [-0.39, 0.29) is 0 Å². The fraction of sp³-hybridized carbons (Fsp3) is 0.842. The number of hydrogen-bond donors (Lipinski definition) is 2. The maximum atomic E-state index is 4.80. The van der Waals surface area contributed by atoms with Crippen LogP contribution < -0.4 is 10.6 Å². The highest BCUT2D eigenvalue weighted by atomic mass is 15.3. The highest BCUT2D eigenvalue weighted by Crippen LogP contribution is 2.17. The van der Waals surface area contributed by atoms with Crippen molar-refractivity contribution in [3.05, 3.63) is 11.6 Å². The number of aryl methyl sites for hydroxylation is 1. The average Bonchev–Trinajstić information content (AvgIpc) is 2.90. The summed E-state index contributed by atoms with van der Waals surface area (Å²) in [5.41, 5.74) is 0. The molecule has 1 aromatic rings. The number of nitrogens with one attached hydrogen (secondary N) is 2. The zero-order chi connectivity index (χ0) is 18.2. The van der Waals surface area contributed by atoms with E-state index in [0.717, 1.165) is 29.9 Å². The highest BCUT2D eigenvalue weighted by Gasteiger charge is 2.16. The van der Waals surface area contributed by atoms with E-state index in [1.165, 1.54) is 38.5 Å². The third-order valence-electron chi connectivity index (χ3n) is 5.07. The van der Waals surface area contributed by atoms with Gasteiger partial charge in [-0.25, -0.2) is 4.99 Å². The van der Waals surface area contributed by atoms with Gasteiger partial charge < -0.3 is 15.2 Å². The standard InChI is InChI=1S/C19H36N6/c1-14(2)11-12-15(3)21-19(22-17-9-7-6-8-10-17)20-13-18-24-23-16(4)25(18)5/h14-15,17H,6-13H2,1-5H3,(H2,20,21,22). The fourth-order valence-corrected chi connectivity index (χ4v) is 3.20. The molecule has 1 fully saturated rings. The number of guanidine groups is 1. The zero-order valence-electron chi connectivity index (χ0n) is 16.7. The largest absolute Gasteiger partial charge is 0.354 e. The van der Waals surface area contributed by atoms with E-state index in [9.17, 15) is 0 Å². The molecule has 0 aromatic carbocycles. The van der Waals surface area contributed by atoms with Gasteiger partial charge in [0.25, 0.3) is 0 Å². The summed E-state index contributed by atoms with van der Waals surface area (Å²) in [5.74, 6) is 3.48. The first kappa shape index (κ1) is 19.7. The lowest BCUT2D eigenvalue weighted by Crippen LogP contribution is -2.47. The van der Waals surface area contributed by atoms with Crippen LogP contribution >= 0.6 is 0 Å². The molecule has 2 rings (SSSR count). The number of rotatable bonds is 7. The van der Waals surface area contributed by atoms with Crippen LogP contribution in [0.5, 0.6) is 0 Å². The third-order valence-corrected chi connectivity index (χ3v) is 5.07. The van der Waals surface area contributed by atoms with Crippen molar-refractivity contribution < 1.29 is 0 Å². The molecule has 1 aliphatic rings. The van der Waals surface area contributed by atoms with E-state index in [0.29, 0.717) is 18.6 Å². The molecule has 1 atom stereocenters. The summed E-state index contributed by atoms with van der Waals surface area (Å²) in [7, 11) is 1.99. The summed E-state index contributed by atoms with van der Waals surface area (Å²) in [4.78, 5) is 4.80. The van der Waals surface area contributed by atoms with Gasteiger partial charge in [0.1, 0.15) is 12.4 Å². The minimum Gasteiger partial charge on any atom is -0.354 e. The Labute approximate surface area is 152 Å². The molecule has 6 heteroatoms. The Morgan fingerprint density at radius 3 is 2.48 bits per heavy atom.